The van der Waals surface area contributed by atoms with Crippen molar-refractivity contribution in [2.45, 2.75) is 13.8 Å². The fourth-order valence-electron chi connectivity index (χ4n) is 0.587. The highest BCUT2D eigenvalue weighted by atomic mass is 16.2. The van der Waals surface area contributed by atoms with E-state index in [4.69, 9.17) is 5.84 Å². The van der Waals surface area contributed by atoms with Gasteiger partial charge in [-0.05, 0) is 12.1 Å². The van der Waals surface area contributed by atoms with E-state index in [1.165, 1.54) is 12.4 Å². The van der Waals surface area contributed by atoms with E-state index in [1.807, 2.05) is 19.3 Å². The van der Waals surface area contributed by atoms with Gasteiger partial charge in [-0.15, -0.1) is 0 Å². The number of hydrazine groups is 1. The minimum atomic E-state index is -0.303. The lowest BCUT2D eigenvalue weighted by Crippen LogP contribution is -2.29. The van der Waals surface area contributed by atoms with Crippen LogP contribution in [0.5, 0.6) is 0 Å². The molecule has 0 bridgehead atoms. The van der Waals surface area contributed by atoms with Crippen LogP contribution in [0.4, 0.5) is 0 Å². The SMILES string of the molecule is CC.NNC(=O)c1ccncc1. The second kappa shape index (κ2) is 6.30. The predicted molar refractivity (Wildman–Crippen MR) is 47.2 cm³/mol. The number of rotatable bonds is 1. The van der Waals surface area contributed by atoms with Crippen LogP contribution < -0.4 is 11.3 Å². The standard InChI is InChI=1S/C6H7N3O.C2H6/c7-9-6(10)5-1-3-8-4-2-5;1-2/h1-4H,7H2,(H,9,10);1-2H3. The first kappa shape index (κ1) is 10.6. The molecule has 0 unspecified atom stereocenters. The van der Waals surface area contributed by atoms with Crippen molar-refractivity contribution in [2.24, 2.45) is 5.84 Å². The van der Waals surface area contributed by atoms with Gasteiger partial charge in [0.1, 0.15) is 0 Å². The van der Waals surface area contributed by atoms with Gasteiger partial charge in [-0.1, -0.05) is 13.8 Å². The van der Waals surface area contributed by atoms with Gasteiger partial charge in [0.05, 0.1) is 0 Å². The molecule has 1 heterocycles. The van der Waals surface area contributed by atoms with Crippen molar-refractivity contribution in [1.29, 1.82) is 0 Å². The maximum Gasteiger partial charge on any atom is 0.265 e. The Hall–Kier alpha value is -1.42. The van der Waals surface area contributed by atoms with E-state index >= 15 is 0 Å². The second-order valence-electron chi connectivity index (χ2n) is 1.71. The number of aromatic nitrogens is 1. The largest absolute Gasteiger partial charge is 0.290 e. The zero-order valence-corrected chi connectivity index (χ0v) is 7.24. The van der Waals surface area contributed by atoms with Gasteiger partial charge in [-0.3, -0.25) is 15.2 Å². The van der Waals surface area contributed by atoms with Crippen LogP contribution in [0, 0.1) is 0 Å². The number of amides is 1. The van der Waals surface area contributed by atoms with E-state index in [9.17, 15) is 4.79 Å². The number of hydrogen-bond donors (Lipinski definition) is 2. The quantitative estimate of drug-likeness (QED) is 0.368. The third-order valence-corrected chi connectivity index (χ3v) is 1.07. The summed E-state index contributed by atoms with van der Waals surface area (Å²) >= 11 is 0. The van der Waals surface area contributed by atoms with Crippen molar-refractivity contribution >= 4 is 5.91 Å². The molecule has 0 radical (unpaired) electrons. The molecule has 0 aliphatic carbocycles. The zero-order chi connectivity index (χ0) is 9.40. The number of carbonyl (C=O) groups excluding carboxylic acids is 1. The summed E-state index contributed by atoms with van der Waals surface area (Å²) in [6.07, 6.45) is 3.06. The van der Waals surface area contributed by atoms with Crippen molar-refractivity contribution in [2.75, 3.05) is 0 Å². The molecular formula is C8H13N3O. The normalized spacial score (nSPS) is 7.92. The van der Waals surface area contributed by atoms with E-state index in [2.05, 4.69) is 4.98 Å². The van der Waals surface area contributed by atoms with Crippen LogP contribution in [0.3, 0.4) is 0 Å². The first-order valence-electron chi connectivity index (χ1n) is 3.75. The summed E-state index contributed by atoms with van der Waals surface area (Å²) in [4.78, 5) is 14.5. The number of pyridine rings is 1. The molecule has 4 heteroatoms. The maximum absolute atomic E-state index is 10.7. The van der Waals surface area contributed by atoms with E-state index in [1.54, 1.807) is 12.1 Å². The molecule has 0 saturated carbocycles. The highest BCUT2D eigenvalue weighted by molar-refractivity contribution is 5.93. The predicted octanol–water partition coefficient (Wildman–Crippen LogP) is 0.711. The second-order valence-corrected chi connectivity index (χ2v) is 1.71. The number of nitrogens with one attached hydrogen (secondary N) is 1. The summed E-state index contributed by atoms with van der Waals surface area (Å²) in [7, 11) is 0. The average Bonchev–Trinajstić information content (AvgIpc) is 2.21. The Kier molecular flexibility index (Phi) is 5.55. The van der Waals surface area contributed by atoms with Gasteiger partial charge in [0.2, 0.25) is 0 Å². The summed E-state index contributed by atoms with van der Waals surface area (Å²) in [6.45, 7) is 4.00. The number of nitrogens with zero attached hydrogens (tertiary/aromatic N) is 1. The van der Waals surface area contributed by atoms with Gasteiger partial charge in [-0.25, -0.2) is 5.84 Å². The fourth-order valence-corrected chi connectivity index (χ4v) is 0.587. The van der Waals surface area contributed by atoms with Crippen molar-refractivity contribution in [3.63, 3.8) is 0 Å². The lowest BCUT2D eigenvalue weighted by Gasteiger charge is -1.95. The third-order valence-electron chi connectivity index (χ3n) is 1.07. The minimum Gasteiger partial charge on any atom is -0.290 e. The Morgan fingerprint density at radius 3 is 2.33 bits per heavy atom. The van der Waals surface area contributed by atoms with E-state index in [-0.39, 0.29) is 5.91 Å². The van der Waals surface area contributed by atoms with E-state index in [0.29, 0.717) is 5.56 Å². The number of hydrogen-bond acceptors (Lipinski definition) is 3. The first-order chi connectivity index (χ1) is 5.84. The molecule has 0 saturated heterocycles. The van der Waals surface area contributed by atoms with Crippen LogP contribution in [0.25, 0.3) is 0 Å². The zero-order valence-electron chi connectivity index (χ0n) is 7.24. The Labute approximate surface area is 71.8 Å². The minimum absolute atomic E-state index is 0.303. The van der Waals surface area contributed by atoms with Gasteiger partial charge in [0.25, 0.3) is 5.91 Å². The van der Waals surface area contributed by atoms with Crippen molar-refractivity contribution in [3.05, 3.63) is 30.1 Å². The molecule has 12 heavy (non-hydrogen) atoms. The average molecular weight is 167 g/mol. The summed E-state index contributed by atoms with van der Waals surface area (Å²) in [6, 6.07) is 3.17. The molecule has 4 nitrogen and oxygen atoms in total. The van der Waals surface area contributed by atoms with Crippen LogP contribution in [0.15, 0.2) is 24.5 Å². The van der Waals surface area contributed by atoms with Crippen molar-refractivity contribution in [1.82, 2.24) is 10.4 Å². The maximum atomic E-state index is 10.7. The molecule has 1 rings (SSSR count). The van der Waals surface area contributed by atoms with Crippen LogP contribution in [0.1, 0.15) is 24.2 Å². The van der Waals surface area contributed by atoms with Gasteiger partial charge in [0, 0.05) is 18.0 Å². The molecule has 0 fully saturated rings. The Balaban J connectivity index is 0.000000561. The number of nitrogens with two attached hydrogens (primary N) is 1. The molecule has 0 aromatic carbocycles. The monoisotopic (exact) mass is 167 g/mol. The van der Waals surface area contributed by atoms with Crippen LogP contribution >= 0.6 is 0 Å². The fraction of sp³-hybridized carbons (Fsp3) is 0.250. The molecule has 0 atom stereocenters. The van der Waals surface area contributed by atoms with E-state index in [0.717, 1.165) is 0 Å². The molecule has 0 aliphatic rings. The topological polar surface area (TPSA) is 68.0 Å². The Bertz CT molecular complexity index is 223. The lowest BCUT2D eigenvalue weighted by molar-refractivity contribution is 0.0953. The van der Waals surface area contributed by atoms with Gasteiger partial charge >= 0.3 is 0 Å². The van der Waals surface area contributed by atoms with Crippen molar-refractivity contribution in [3.8, 4) is 0 Å². The highest BCUT2D eigenvalue weighted by Crippen LogP contribution is 1.93. The van der Waals surface area contributed by atoms with Gasteiger partial charge in [0.15, 0.2) is 0 Å². The van der Waals surface area contributed by atoms with Gasteiger partial charge in [-0.2, -0.15) is 0 Å². The molecule has 3 N–H and O–H groups in total. The van der Waals surface area contributed by atoms with E-state index < -0.39 is 0 Å². The summed E-state index contributed by atoms with van der Waals surface area (Å²) < 4.78 is 0. The van der Waals surface area contributed by atoms with Crippen LogP contribution in [-0.2, 0) is 0 Å². The van der Waals surface area contributed by atoms with Gasteiger partial charge < -0.3 is 0 Å². The number of carbonyl (C=O) groups is 1. The molecule has 0 spiro atoms. The molecular weight excluding hydrogens is 154 g/mol. The number of nitrogen functional groups attached to an aromatic ring is 1. The Morgan fingerprint density at radius 1 is 1.42 bits per heavy atom. The third kappa shape index (κ3) is 3.12. The first-order valence-corrected chi connectivity index (χ1v) is 3.75. The lowest BCUT2D eigenvalue weighted by atomic mass is 10.3. The summed E-state index contributed by atoms with van der Waals surface area (Å²) in [5, 5.41) is 0. The smallest absolute Gasteiger partial charge is 0.265 e. The Morgan fingerprint density at radius 2 is 1.92 bits per heavy atom. The summed E-state index contributed by atoms with van der Waals surface area (Å²) in [5.41, 5.74) is 2.53. The molecule has 0 aliphatic heterocycles. The van der Waals surface area contributed by atoms with Crippen LogP contribution in [-0.4, -0.2) is 10.9 Å². The molecule has 1 amide bonds. The van der Waals surface area contributed by atoms with Crippen LogP contribution in [0.2, 0.25) is 0 Å². The molecule has 1 aromatic rings. The van der Waals surface area contributed by atoms with Crippen molar-refractivity contribution < 1.29 is 4.79 Å². The molecule has 1 aromatic heterocycles. The summed E-state index contributed by atoms with van der Waals surface area (Å²) in [5.74, 6) is 4.58. The molecule has 66 valence electrons. The highest BCUT2D eigenvalue weighted by Gasteiger charge is 1.98.